The van der Waals surface area contributed by atoms with Crippen LogP contribution in [0.2, 0.25) is 0 Å². The van der Waals surface area contributed by atoms with Gasteiger partial charge in [-0.3, -0.25) is 10.1 Å². The fourth-order valence-electron chi connectivity index (χ4n) is 1.96. The molecule has 0 saturated carbocycles. The highest BCUT2D eigenvalue weighted by atomic mass is 79.9. The van der Waals surface area contributed by atoms with Crippen LogP contribution in [0, 0.1) is 0 Å². The van der Waals surface area contributed by atoms with Crippen LogP contribution in [0.3, 0.4) is 0 Å². The van der Waals surface area contributed by atoms with Crippen LogP contribution in [-0.2, 0) is 11.2 Å². The minimum absolute atomic E-state index is 0.0886. The lowest BCUT2D eigenvalue weighted by molar-refractivity contribution is -0.128. The van der Waals surface area contributed by atoms with Crippen LogP contribution in [0.4, 0.5) is 0 Å². The summed E-state index contributed by atoms with van der Waals surface area (Å²) in [6, 6.07) is 7.99. The highest BCUT2D eigenvalue weighted by Crippen LogP contribution is 2.16. The van der Waals surface area contributed by atoms with Crippen molar-refractivity contribution in [3.63, 3.8) is 0 Å². The zero-order chi connectivity index (χ0) is 11.7. The van der Waals surface area contributed by atoms with E-state index in [0.29, 0.717) is 0 Å². The van der Waals surface area contributed by atoms with Crippen molar-refractivity contribution in [2.24, 2.45) is 0 Å². The molecule has 4 heteroatoms. The van der Waals surface area contributed by atoms with E-state index in [9.17, 15) is 4.79 Å². The van der Waals surface area contributed by atoms with E-state index in [2.05, 4.69) is 27.3 Å². The quantitative estimate of drug-likeness (QED) is 0.897. The predicted molar refractivity (Wildman–Crippen MR) is 67.0 cm³/mol. The van der Waals surface area contributed by atoms with Gasteiger partial charge in [0.1, 0.15) is 0 Å². The number of carbonyl (C=O) groups is 1. The normalized spacial score (nSPS) is 25.2. The van der Waals surface area contributed by atoms with Gasteiger partial charge in [-0.2, -0.15) is 0 Å². The zero-order valence-electron chi connectivity index (χ0n) is 9.40. The van der Waals surface area contributed by atoms with Gasteiger partial charge in [-0.15, -0.1) is 0 Å². The summed E-state index contributed by atoms with van der Waals surface area (Å²) in [4.78, 5) is 13.6. The van der Waals surface area contributed by atoms with Gasteiger partial charge in [0.15, 0.2) is 0 Å². The second-order valence-electron chi connectivity index (χ2n) is 4.18. The van der Waals surface area contributed by atoms with Crippen molar-refractivity contribution in [3.05, 3.63) is 34.3 Å². The predicted octanol–water partition coefficient (Wildman–Crippen LogP) is 1.77. The summed E-state index contributed by atoms with van der Waals surface area (Å²) in [5.74, 6) is 0.174. The molecule has 1 fully saturated rings. The van der Waals surface area contributed by atoms with Crippen molar-refractivity contribution in [1.82, 2.24) is 10.2 Å². The highest BCUT2D eigenvalue weighted by molar-refractivity contribution is 9.10. The summed E-state index contributed by atoms with van der Waals surface area (Å²) in [7, 11) is 1.83. The lowest BCUT2D eigenvalue weighted by atomic mass is 10.1. The molecule has 1 aromatic rings. The smallest absolute Gasteiger partial charge is 0.241 e. The third-order valence-electron chi connectivity index (χ3n) is 3.00. The average molecular weight is 283 g/mol. The minimum atomic E-state index is -0.0886. The number of carbonyl (C=O) groups excluding carboxylic acids is 1. The third kappa shape index (κ3) is 2.28. The van der Waals surface area contributed by atoms with Crippen molar-refractivity contribution in [2.45, 2.75) is 25.6 Å². The third-order valence-corrected chi connectivity index (χ3v) is 3.49. The summed E-state index contributed by atoms with van der Waals surface area (Å²) >= 11 is 3.43. The minimum Gasteiger partial charge on any atom is -0.329 e. The summed E-state index contributed by atoms with van der Waals surface area (Å²) < 4.78 is 1.05. The first-order chi connectivity index (χ1) is 7.58. The number of nitrogens with zero attached hydrogens (tertiary/aromatic N) is 1. The number of rotatable bonds is 2. The topological polar surface area (TPSA) is 32.3 Å². The van der Waals surface area contributed by atoms with E-state index in [1.165, 1.54) is 5.56 Å². The molecule has 16 heavy (non-hydrogen) atoms. The van der Waals surface area contributed by atoms with Crippen LogP contribution < -0.4 is 5.32 Å². The lowest BCUT2D eigenvalue weighted by Crippen LogP contribution is -2.32. The Morgan fingerprint density at radius 3 is 2.81 bits per heavy atom. The van der Waals surface area contributed by atoms with Gasteiger partial charge in [0.25, 0.3) is 0 Å². The Balaban J connectivity index is 2.09. The molecule has 1 aromatic carbocycles. The molecule has 3 nitrogen and oxygen atoms in total. The number of hydrogen-bond donors (Lipinski definition) is 1. The van der Waals surface area contributed by atoms with Crippen LogP contribution in [0.1, 0.15) is 12.5 Å². The Bertz CT molecular complexity index is 408. The summed E-state index contributed by atoms with van der Waals surface area (Å²) in [5.41, 5.74) is 1.17. The van der Waals surface area contributed by atoms with Crippen molar-refractivity contribution in [3.8, 4) is 0 Å². The molecule has 1 amide bonds. The monoisotopic (exact) mass is 282 g/mol. The molecule has 0 aliphatic carbocycles. The average Bonchev–Trinajstić information content (AvgIpc) is 2.47. The van der Waals surface area contributed by atoms with Gasteiger partial charge in [-0.05, 0) is 31.0 Å². The van der Waals surface area contributed by atoms with E-state index in [4.69, 9.17) is 0 Å². The van der Waals surface area contributed by atoms with Crippen LogP contribution in [-0.4, -0.2) is 30.1 Å². The zero-order valence-corrected chi connectivity index (χ0v) is 11.0. The number of benzene rings is 1. The first-order valence-electron chi connectivity index (χ1n) is 5.35. The Kier molecular flexibility index (Phi) is 3.30. The molecule has 2 rings (SSSR count). The molecular weight excluding hydrogens is 268 g/mol. The lowest BCUT2D eigenvalue weighted by Gasteiger charge is -2.12. The Hall–Kier alpha value is -0.870. The van der Waals surface area contributed by atoms with E-state index in [1.807, 2.05) is 32.2 Å². The summed E-state index contributed by atoms with van der Waals surface area (Å²) in [6.07, 6.45) is 0.872. The Morgan fingerprint density at radius 2 is 2.25 bits per heavy atom. The van der Waals surface area contributed by atoms with E-state index >= 15 is 0 Å². The van der Waals surface area contributed by atoms with E-state index in [1.54, 1.807) is 4.90 Å². The van der Waals surface area contributed by atoms with Crippen LogP contribution >= 0.6 is 15.9 Å². The van der Waals surface area contributed by atoms with Crippen molar-refractivity contribution < 1.29 is 4.79 Å². The maximum absolute atomic E-state index is 11.9. The van der Waals surface area contributed by atoms with Gasteiger partial charge < -0.3 is 4.90 Å². The fraction of sp³-hybridized carbons (Fsp3) is 0.417. The van der Waals surface area contributed by atoms with E-state index in [-0.39, 0.29) is 18.1 Å². The van der Waals surface area contributed by atoms with Crippen molar-refractivity contribution >= 4 is 21.8 Å². The molecule has 0 aromatic heterocycles. The number of likely N-dealkylation sites (N-methyl/N-ethyl adjacent to an activating group) is 1. The molecule has 1 heterocycles. The maximum atomic E-state index is 11.9. The van der Waals surface area contributed by atoms with Gasteiger partial charge in [-0.25, -0.2) is 0 Å². The first-order valence-corrected chi connectivity index (χ1v) is 6.14. The SMILES string of the molecule is CC1NC(Cc2cccc(Br)c2)C(=O)N1C. The standard InChI is InChI=1S/C12H15BrN2O/c1-8-14-11(12(16)15(8)2)7-9-4-3-5-10(13)6-9/h3-6,8,11,14H,7H2,1-2H3. The maximum Gasteiger partial charge on any atom is 0.241 e. The number of nitrogens with one attached hydrogen (secondary N) is 1. The number of halogens is 1. The van der Waals surface area contributed by atoms with Gasteiger partial charge in [-0.1, -0.05) is 28.1 Å². The van der Waals surface area contributed by atoms with Gasteiger partial charge in [0, 0.05) is 11.5 Å². The van der Waals surface area contributed by atoms with Gasteiger partial charge in [0.2, 0.25) is 5.91 Å². The molecule has 2 unspecified atom stereocenters. The fourth-order valence-corrected chi connectivity index (χ4v) is 2.40. The molecule has 1 aliphatic rings. The largest absolute Gasteiger partial charge is 0.329 e. The van der Waals surface area contributed by atoms with Crippen molar-refractivity contribution in [1.29, 1.82) is 0 Å². The van der Waals surface area contributed by atoms with E-state index < -0.39 is 0 Å². The molecule has 0 radical (unpaired) electrons. The molecule has 2 atom stereocenters. The molecule has 1 aliphatic heterocycles. The summed E-state index contributed by atoms with van der Waals surface area (Å²) in [5, 5.41) is 3.28. The van der Waals surface area contributed by atoms with Crippen LogP contribution in [0.15, 0.2) is 28.7 Å². The first kappa shape index (κ1) is 11.6. The van der Waals surface area contributed by atoms with Gasteiger partial charge in [0.05, 0.1) is 12.2 Å². The highest BCUT2D eigenvalue weighted by Gasteiger charge is 2.33. The second kappa shape index (κ2) is 4.55. The van der Waals surface area contributed by atoms with Crippen LogP contribution in [0.5, 0.6) is 0 Å². The van der Waals surface area contributed by atoms with E-state index in [0.717, 1.165) is 10.9 Å². The van der Waals surface area contributed by atoms with Crippen molar-refractivity contribution in [2.75, 3.05) is 7.05 Å². The number of hydrogen-bond acceptors (Lipinski definition) is 2. The molecule has 1 N–H and O–H groups in total. The molecule has 0 spiro atoms. The Morgan fingerprint density at radius 1 is 1.50 bits per heavy atom. The molecular formula is C12H15BrN2O. The molecule has 0 bridgehead atoms. The van der Waals surface area contributed by atoms with Gasteiger partial charge >= 0.3 is 0 Å². The van der Waals surface area contributed by atoms with Crippen LogP contribution in [0.25, 0.3) is 0 Å². The molecule has 86 valence electrons. The number of amides is 1. The molecule has 1 saturated heterocycles. The summed E-state index contributed by atoms with van der Waals surface area (Å²) in [6.45, 7) is 2.00. The Labute approximate surface area is 104 Å². The second-order valence-corrected chi connectivity index (χ2v) is 5.09.